The molecule has 5 heteroatoms. The Kier molecular flexibility index (Phi) is 3.07. The van der Waals surface area contributed by atoms with Gasteiger partial charge in [-0.2, -0.15) is 13.2 Å². The maximum absolute atomic E-state index is 12.5. The number of halogens is 3. The first-order valence-electron chi connectivity index (χ1n) is 4.34. The largest absolute Gasteiger partial charge is 0.478 e. The SMILES string of the molecule is C=C(C(=O)O)c1ccc(C)c(C(F)(F)F)c1. The molecule has 0 heterocycles. The number of hydrogen-bond donors (Lipinski definition) is 1. The van der Waals surface area contributed by atoms with E-state index in [1.165, 1.54) is 19.1 Å². The van der Waals surface area contributed by atoms with Crippen LogP contribution in [0.5, 0.6) is 0 Å². The lowest BCUT2D eigenvalue weighted by Gasteiger charge is -2.11. The highest BCUT2D eigenvalue weighted by molar-refractivity contribution is 6.14. The van der Waals surface area contributed by atoms with Crippen LogP contribution in [0.1, 0.15) is 16.7 Å². The molecule has 1 aromatic rings. The second-order valence-corrected chi connectivity index (χ2v) is 3.31. The van der Waals surface area contributed by atoms with Gasteiger partial charge in [-0.1, -0.05) is 18.7 Å². The van der Waals surface area contributed by atoms with Crippen LogP contribution in [0.2, 0.25) is 0 Å². The summed E-state index contributed by atoms with van der Waals surface area (Å²) in [5.41, 5.74) is -1.18. The lowest BCUT2D eigenvalue weighted by Crippen LogP contribution is -2.09. The van der Waals surface area contributed by atoms with Crippen LogP contribution in [0.4, 0.5) is 13.2 Å². The number of carbonyl (C=O) groups is 1. The monoisotopic (exact) mass is 230 g/mol. The van der Waals surface area contributed by atoms with Gasteiger partial charge >= 0.3 is 12.1 Å². The smallest absolute Gasteiger partial charge is 0.416 e. The van der Waals surface area contributed by atoms with Crippen molar-refractivity contribution in [3.8, 4) is 0 Å². The molecule has 0 saturated heterocycles. The van der Waals surface area contributed by atoms with E-state index < -0.39 is 17.7 Å². The fourth-order valence-electron chi connectivity index (χ4n) is 1.24. The Bertz CT molecular complexity index is 447. The van der Waals surface area contributed by atoms with Gasteiger partial charge in [-0.05, 0) is 24.1 Å². The van der Waals surface area contributed by atoms with Gasteiger partial charge in [-0.15, -0.1) is 0 Å². The van der Waals surface area contributed by atoms with E-state index in [-0.39, 0.29) is 16.7 Å². The standard InChI is InChI=1S/C11H9F3O2/c1-6-3-4-8(7(2)10(15)16)5-9(6)11(12,13)14/h3-5H,2H2,1H3,(H,15,16). The second-order valence-electron chi connectivity index (χ2n) is 3.31. The van der Waals surface area contributed by atoms with Gasteiger partial charge < -0.3 is 5.11 Å². The van der Waals surface area contributed by atoms with E-state index in [2.05, 4.69) is 6.58 Å². The number of carboxylic acid groups (broad SMARTS) is 1. The first-order valence-corrected chi connectivity index (χ1v) is 4.34. The molecule has 0 aromatic heterocycles. The van der Waals surface area contributed by atoms with Crippen molar-refractivity contribution < 1.29 is 23.1 Å². The predicted octanol–water partition coefficient (Wildman–Crippen LogP) is 3.11. The molecular weight excluding hydrogens is 221 g/mol. The maximum Gasteiger partial charge on any atom is 0.416 e. The van der Waals surface area contributed by atoms with E-state index in [1.807, 2.05) is 0 Å². The summed E-state index contributed by atoms with van der Waals surface area (Å²) in [5, 5.41) is 8.62. The summed E-state index contributed by atoms with van der Waals surface area (Å²) in [4.78, 5) is 10.6. The Balaban J connectivity index is 3.28. The van der Waals surface area contributed by atoms with Crippen molar-refractivity contribution in [3.63, 3.8) is 0 Å². The van der Waals surface area contributed by atoms with Gasteiger partial charge in [-0.25, -0.2) is 4.79 Å². The van der Waals surface area contributed by atoms with Gasteiger partial charge in [0.15, 0.2) is 0 Å². The molecule has 0 spiro atoms. The van der Waals surface area contributed by atoms with Crippen molar-refractivity contribution >= 4 is 11.5 Å². The Morgan fingerprint density at radius 3 is 2.38 bits per heavy atom. The van der Waals surface area contributed by atoms with Crippen molar-refractivity contribution in [1.29, 1.82) is 0 Å². The molecule has 0 saturated carbocycles. The van der Waals surface area contributed by atoms with E-state index in [9.17, 15) is 18.0 Å². The third-order valence-electron chi connectivity index (χ3n) is 2.15. The molecule has 1 N–H and O–H groups in total. The summed E-state index contributed by atoms with van der Waals surface area (Å²) in [6, 6.07) is 3.33. The topological polar surface area (TPSA) is 37.3 Å². The maximum atomic E-state index is 12.5. The van der Waals surface area contributed by atoms with E-state index in [1.54, 1.807) is 0 Å². The summed E-state index contributed by atoms with van der Waals surface area (Å²) < 4.78 is 37.5. The molecule has 1 aromatic carbocycles. The van der Waals surface area contributed by atoms with Gasteiger partial charge in [0.25, 0.3) is 0 Å². The zero-order valence-electron chi connectivity index (χ0n) is 8.43. The normalized spacial score (nSPS) is 11.2. The molecule has 16 heavy (non-hydrogen) atoms. The molecule has 2 nitrogen and oxygen atoms in total. The number of alkyl halides is 3. The Labute approximate surface area is 90.0 Å². The van der Waals surface area contributed by atoms with Gasteiger partial charge in [0.2, 0.25) is 0 Å². The second kappa shape index (κ2) is 4.00. The summed E-state index contributed by atoms with van der Waals surface area (Å²) in [7, 11) is 0. The predicted molar refractivity (Wildman–Crippen MR) is 52.9 cm³/mol. The number of aryl methyl sites for hydroxylation is 1. The minimum atomic E-state index is -4.49. The van der Waals surface area contributed by atoms with Crippen LogP contribution < -0.4 is 0 Å². The highest BCUT2D eigenvalue weighted by Crippen LogP contribution is 2.33. The van der Waals surface area contributed by atoms with E-state index in [0.29, 0.717) is 0 Å². The van der Waals surface area contributed by atoms with Crippen LogP contribution in [0, 0.1) is 6.92 Å². The molecule has 0 fully saturated rings. The molecule has 0 unspecified atom stereocenters. The summed E-state index contributed by atoms with van der Waals surface area (Å²) in [6.45, 7) is 4.53. The first-order chi connectivity index (χ1) is 7.23. The van der Waals surface area contributed by atoms with Crippen LogP contribution in [-0.2, 0) is 11.0 Å². The quantitative estimate of drug-likeness (QED) is 0.792. The fraction of sp³-hybridized carbons (Fsp3) is 0.182. The zero-order chi connectivity index (χ0) is 12.5. The van der Waals surface area contributed by atoms with Crippen molar-refractivity contribution in [3.05, 3.63) is 41.5 Å². The molecule has 0 radical (unpaired) electrons. The highest BCUT2D eigenvalue weighted by atomic mass is 19.4. The highest BCUT2D eigenvalue weighted by Gasteiger charge is 2.32. The van der Waals surface area contributed by atoms with Crippen LogP contribution in [0.3, 0.4) is 0 Å². The molecule has 0 aliphatic heterocycles. The Morgan fingerprint density at radius 1 is 1.38 bits per heavy atom. The minimum Gasteiger partial charge on any atom is -0.478 e. The zero-order valence-corrected chi connectivity index (χ0v) is 8.43. The van der Waals surface area contributed by atoms with Crippen LogP contribution in [0.25, 0.3) is 5.57 Å². The van der Waals surface area contributed by atoms with Crippen molar-refractivity contribution in [2.45, 2.75) is 13.1 Å². The molecule has 0 atom stereocenters. The van der Waals surface area contributed by atoms with Gasteiger partial charge in [0.1, 0.15) is 0 Å². The Morgan fingerprint density at radius 2 is 1.94 bits per heavy atom. The van der Waals surface area contributed by atoms with Crippen LogP contribution >= 0.6 is 0 Å². The average Bonchev–Trinajstić information content (AvgIpc) is 2.15. The molecule has 0 aliphatic carbocycles. The average molecular weight is 230 g/mol. The lowest BCUT2D eigenvalue weighted by molar-refractivity contribution is -0.138. The molecule has 86 valence electrons. The van der Waals surface area contributed by atoms with Gasteiger partial charge in [0.05, 0.1) is 11.1 Å². The van der Waals surface area contributed by atoms with Crippen LogP contribution in [-0.4, -0.2) is 11.1 Å². The Hall–Kier alpha value is -1.78. The molecular formula is C11H9F3O2. The van der Waals surface area contributed by atoms with Gasteiger partial charge in [-0.3, -0.25) is 0 Å². The van der Waals surface area contributed by atoms with Crippen LogP contribution in [0.15, 0.2) is 24.8 Å². The summed E-state index contributed by atoms with van der Waals surface area (Å²) >= 11 is 0. The number of aliphatic carboxylic acids is 1. The van der Waals surface area contributed by atoms with Crippen molar-refractivity contribution in [2.75, 3.05) is 0 Å². The minimum absolute atomic E-state index is 0.0366. The van der Waals surface area contributed by atoms with E-state index >= 15 is 0 Å². The molecule has 0 bridgehead atoms. The number of benzene rings is 1. The summed E-state index contributed by atoms with van der Waals surface area (Å²) in [6.07, 6.45) is -4.49. The summed E-state index contributed by atoms with van der Waals surface area (Å²) in [5.74, 6) is -1.34. The van der Waals surface area contributed by atoms with E-state index in [0.717, 1.165) is 6.07 Å². The molecule has 1 rings (SSSR count). The number of hydrogen-bond acceptors (Lipinski definition) is 1. The lowest BCUT2D eigenvalue weighted by atomic mass is 10.0. The fourth-order valence-corrected chi connectivity index (χ4v) is 1.24. The third-order valence-corrected chi connectivity index (χ3v) is 2.15. The van der Waals surface area contributed by atoms with E-state index in [4.69, 9.17) is 5.11 Å². The van der Waals surface area contributed by atoms with Gasteiger partial charge in [0, 0.05) is 0 Å². The number of rotatable bonds is 2. The third kappa shape index (κ3) is 2.42. The molecule has 0 amide bonds. The van der Waals surface area contributed by atoms with Crippen molar-refractivity contribution in [2.24, 2.45) is 0 Å². The number of carboxylic acids is 1. The molecule has 0 aliphatic rings. The van der Waals surface area contributed by atoms with Crippen molar-refractivity contribution in [1.82, 2.24) is 0 Å². The first kappa shape index (κ1) is 12.3.